The van der Waals surface area contributed by atoms with Gasteiger partial charge >= 0.3 is 0 Å². The molecule has 8 nitrogen and oxygen atoms in total. The fourth-order valence-electron chi connectivity index (χ4n) is 4.42. The van der Waals surface area contributed by atoms with E-state index in [2.05, 4.69) is 65.2 Å². The van der Waals surface area contributed by atoms with Crippen molar-refractivity contribution in [2.24, 2.45) is 0 Å². The van der Waals surface area contributed by atoms with Crippen LogP contribution in [-0.4, -0.2) is 48.7 Å². The summed E-state index contributed by atoms with van der Waals surface area (Å²) in [6.07, 6.45) is 7.18. The zero-order chi connectivity index (χ0) is 25.3. The van der Waals surface area contributed by atoms with Gasteiger partial charge in [-0.1, -0.05) is 0 Å². The van der Waals surface area contributed by atoms with Crippen LogP contribution in [0, 0.1) is 12.7 Å². The Morgan fingerprint density at radius 1 is 1.23 bits per heavy atom. The lowest BCUT2D eigenvalue weighted by Crippen LogP contribution is -2.49. The minimum Gasteiger partial charge on any atom is -0.324 e. The summed E-state index contributed by atoms with van der Waals surface area (Å²) in [5.74, 6) is -0.342. The van der Waals surface area contributed by atoms with Crippen molar-refractivity contribution < 1.29 is 9.18 Å². The fourth-order valence-corrected chi connectivity index (χ4v) is 4.42. The average molecular weight is 480 g/mol. The maximum atomic E-state index is 14.9. The van der Waals surface area contributed by atoms with Crippen LogP contribution < -0.4 is 10.6 Å². The Kier molecular flexibility index (Phi) is 6.89. The van der Waals surface area contributed by atoms with Gasteiger partial charge in [0.1, 0.15) is 5.82 Å². The second kappa shape index (κ2) is 9.73. The molecule has 0 spiro atoms. The van der Waals surface area contributed by atoms with Crippen LogP contribution in [0.4, 0.5) is 21.7 Å². The van der Waals surface area contributed by atoms with E-state index in [0.29, 0.717) is 11.6 Å². The zero-order valence-electron chi connectivity index (χ0n) is 21.3. The molecule has 0 aliphatic carbocycles. The summed E-state index contributed by atoms with van der Waals surface area (Å²) in [6.45, 7) is 13.2. The van der Waals surface area contributed by atoms with E-state index >= 15 is 0 Å². The van der Waals surface area contributed by atoms with Crippen LogP contribution in [0.1, 0.15) is 59.1 Å². The van der Waals surface area contributed by atoms with E-state index in [0.717, 1.165) is 36.2 Å². The first-order valence-electron chi connectivity index (χ1n) is 12.1. The highest BCUT2D eigenvalue weighted by atomic mass is 19.1. The first-order valence-corrected chi connectivity index (χ1v) is 12.1. The Morgan fingerprint density at radius 3 is 2.66 bits per heavy atom. The molecule has 186 valence electrons. The lowest BCUT2D eigenvalue weighted by atomic mass is 10.0. The van der Waals surface area contributed by atoms with Crippen LogP contribution in [0.5, 0.6) is 0 Å². The molecule has 1 fully saturated rings. The lowest BCUT2D eigenvalue weighted by Gasteiger charge is -2.36. The Balaban J connectivity index is 1.48. The molecule has 9 heteroatoms. The molecule has 0 saturated carbocycles. The van der Waals surface area contributed by atoms with Crippen molar-refractivity contribution in [3.63, 3.8) is 0 Å². The van der Waals surface area contributed by atoms with Crippen molar-refractivity contribution in [3.8, 4) is 11.3 Å². The quantitative estimate of drug-likeness (QED) is 0.498. The molecule has 1 aromatic carbocycles. The predicted octanol–water partition coefficient (Wildman–Crippen LogP) is 5.31. The summed E-state index contributed by atoms with van der Waals surface area (Å²) in [5.41, 5.74) is 3.10. The number of halogens is 1. The number of benzene rings is 1. The number of aryl methyl sites for hydroxylation is 1. The van der Waals surface area contributed by atoms with Gasteiger partial charge < -0.3 is 10.6 Å². The Labute approximate surface area is 206 Å². The molecule has 35 heavy (non-hydrogen) atoms. The van der Waals surface area contributed by atoms with Crippen LogP contribution in [0.2, 0.25) is 0 Å². The van der Waals surface area contributed by atoms with E-state index in [-0.39, 0.29) is 29.2 Å². The van der Waals surface area contributed by atoms with Gasteiger partial charge in [-0.05, 0) is 84.7 Å². The van der Waals surface area contributed by atoms with Gasteiger partial charge in [-0.15, -0.1) is 0 Å². The minimum atomic E-state index is -0.519. The number of carbonyl (C=O) groups excluding carboxylic acids is 1. The molecule has 3 heterocycles. The molecule has 1 amide bonds. The number of rotatable bonds is 6. The third kappa shape index (κ3) is 5.51. The molecule has 4 rings (SSSR count). The maximum Gasteiger partial charge on any atom is 0.241 e. The highest BCUT2D eigenvalue weighted by Crippen LogP contribution is 2.29. The number of hydrogen-bond donors (Lipinski definition) is 2. The highest BCUT2D eigenvalue weighted by Gasteiger charge is 2.37. The monoisotopic (exact) mass is 479 g/mol. The number of hydrogen-bond acceptors (Lipinski definition) is 6. The van der Waals surface area contributed by atoms with Crippen LogP contribution >= 0.6 is 0 Å². The maximum absolute atomic E-state index is 14.9. The third-order valence-electron chi connectivity index (χ3n) is 6.28. The molecule has 1 aliphatic heterocycles. The van der Waals surface area contributed by atoms with Gasteiger partial charge in [0.2, 0.25) is 11.9 Å². The largest absolute Gasteiger partial charge is 0.324 e. The van der Waals surface area contributed by atoms with Crippen molar-refractivity contribution in [1.82, 2.24) is 24.6 Å². The van der Waals surface area contributed by atoms with Gasteiger partial charge in [0.25, 0.3) is 0 Å². The molecule has 0 radical (unpaired) electrons. The summed E-state index contributed by atoms with van der Waals surface area (Å²) < 4.78 is 16.8. The summed E-state index contributed by atoms with van der Waals surface area (Å²) in [4.78, 5) is 24.0. The highest BCUT2D eigenvalue weighted by molar-refractivity contribution is 5.95. The first-order chi connectivity index (χ1) is 16.5. The first kappa shape index (κ1) is 24.8. The third-order valence-corrected chi connectivity index (χ3v) is 6.28. The molecule has 1 unspecified atom stereocenters. The average Bonchev–Trinajstić information content (AvgIpc) is 3.47. The van der Waals surface area contributed by atoms with Gasteiger partial charge in [0.05, 0.1) is 23.6 Å². The number of anilines is 3. The Morgan fingerprint density at radius 2 is 2.00 bits per heavy atom. The van der Waals surface area contributed by atoms with Crippen molar-refractivity contribution in [2.75, 3.05) is 17.2 Å². The predicted molar refractivity (Wildman–Crippen MR) is 136 cm³/mol. The van der Waals surface area contributed by atoms with E-state index in [9.17, 15) is 9.18 Å². The molecule has 2 N–H and O–H groups in total. The van der Waals surface area contributed by atoms with Crippen molar-refractivity contribution in [1.29, 1.82) is 0 Å². The van der Waals surface area contributed by atoms with E-state index < -0.39 is 5.82 Å². The number of aromatic nitrogens is 4. The summed E-state index contributed by atoms with van der Waals surface area (Å²) >= 11 is 0. The second-order valence-corrected chi connectivity index (χ2v) is 10.4. The normalized spacial score (nSPS) is 16.6. The van der Waals surface area contributed by atoms with Crippen LogP contribution in [0.3, 0.4) is 0 Å². The van der Waals surface area contributed by atoms with Gasteiger partial charge in [-0.25, -0.2) is 14.4 Å². The van der Waals surface area contributed by atoms with Gasteiger partial charge in [-0.3, -0.25) is 14.4 Å². The summed E-state index contributed by atoms with van der Waals surface area (Å²) in [7, 11) is 0. The zero-order valence-corrected chi connectivity index (χ0v) is 21.3. The van der Waals surface area contributed by atoms with E-state index in [1.54, 1.807) is 24.5 Å². The van der Waals surface area contributed by atoms with Crippen molar-refractivity contribution in [3.05, 3.63) is 48.2 Å². The minimum absolute atomic E-state index is 0.120. The van der Waals surface area contributed by atoms with Crippen molar-refractivity contribution >= 4 is 23.2 Å². The number of amides is 1. The molecule has 1 atom stereocenters. The van der Waals surface area contributed by atoms with Crippen LogP contribution in [0.15, 0.2) is 36.8 Å². The number of nitrogens with zero attached hydrogens (tertiary/aromatic N) is 5. The van der Waals surface area contributed by atoms with Gasteiger partial charge in [0, 0.05) is 35.2 Å². The molecular weight excluding hydrogens is 445 g/mol. The molecule has 3 aromatic rings. The second-order valence-electron chi connectivity index (χ2n) is 10.4. The Hall–Kier alpha value is -3.33. The number of carbonyl (C=O) groups is 1. The molecule has 1 saturated heterocycles. The number of nitrogens with one attached hydrogen (secondary N) is 2. The van der Waals surface area contributed by atoms with Crippen LogP contribution in [0.25, 0.3) is 11.3 Å². The molecule has 0 bridgehead atoms. The van der Waals surface area contributed by atoms with Gasteiger partial charge in [-0.2, -0.15) is 5.10 Å². The van der Waals surface area contributed by atoms with E-state index in [1.165, 1.54) is 6.07 Å². The van der Waals surface area contributed by atoms with Crippen molar-refractivity contribution in [2.45, 2.75) is 72.0 Å². The van der Waals surface area contributed by atoms with Gasteiger partial charge in [0.15, 0.2) is 0 Å². The molecule has 1 aliphatic rings. The lowest BCUT2D eigenvalue weighted by molar-refractivity contribution is -0.122. The van der Waals surface area contributed by atoms with E-state index in [1.807, 2.05) is 17.8 Å². The number of likely N-dealkylation sites (tertiary alicyclic amines) is 1. The standard InChI is InChI=1S/C26H34FN7O/c1-16(2)34-15-18(14-29-34)23-17(3)13-28-25(32-23)30-19-9-10-21(20(27)12-19)31-24(35)22-8-7-11-33(22)26(4,5)6/h9-10,12-16,22H,7-8,11H2,1-6H3,(H,31,35)(H,28,30,32). The molecular formula is C26H34FN7O. The SMILES string of the molecule is Cc1cnc(Nc2ccc(NC(=O)C3CCCN3C(C)(C)C)c(F)c2)nc1-c1cnn(C(C)C)c1. The summed E-state index contributed by atoms with van der Waals surface area (Å²) in [6, 6.07) is 4.59. The molecule has 2 aromatic heterocycles. The topological polar surface area (TPSA) is 88.0 Å². The van der Waals surface area contributed by atoms with E-state index in [4.69, 9.17) is 0 Å². The van der Waals surface area contributed by atoms with Crippen LogP contribution in [-0.2, 0) is 4.79 Å². The smallest absolute Gasteiger partial charge is 0.241 e. The summed E-state index contributed by atoms with van der Waals surface area (Å²) in [5, 5.41) is 10.2. The fraction of sp³-hybridized carbons (Fsp3) is 0.462. The Bertz CT molecular complexity index is 1210.